The molecule has 3 heteroatoms. The molecule has 0 heterocycles. The highest BCUT2D eigenvalue weighted by atomic mass is 16.2. The van der Waals surface area contributed by atoms with Gasteiger partial charge < -0.3 is 5.11 Å². The average molecular weight is 162 g/mol. The Morgan fingerprint density at radius 1 is 1.33 bits per heavy atom. The van der Waals surface area contributed by atoms with Gasteiger partial charge in [-0.2, -0.15) is 0 Å². The first-order valence-electron chi connectivity index (χ1n) is 3.41. The minimum atomic E-state index is -0.885. The maximum Gasteiger partial charge on any atom is 0.273 e. The third kappa shape index (κ3) is 1.63. The van der Waals surface area contributed by atoms with E-state index in [1.807, 2.05) is 0 Å². The maximum absolute atomic E-state index is 10.6. The van der Waals surface area contributed by atoms with Crippen molar-refractivity contribution in [1.82, 2.24) is 5.73 Å². The number of benzene rings is 1. The number of rotatable bonds is 2. The highest BCUT2D eigenvalue weighted by molar-refractivity contribution is 6.17. The highest BCUT2D eigenvalue weighted by Crippen LogP contribution is 2.12. The summed E-state index contributed by atoms with van der Waals surface area (Å²) in [5, 5.41) is 8.65. The van der Waals surface area contributed by atoms with Gasteiger partial charge in [-0.3, -0.25) is 10.5 Å². The predicted octanol–water partition coefficient (Wildman–Crippen LogP) is 1.40. The summed E-state index contributed by atoms with van der Waals surface area (Å²) in [6, 6.07) is 8.60. The average Bonchev–Trinajstić information content (AvgIpc) is 2.07. The lowest BCUT2D eigenvalue weighted by molar-refractivity contribution is -0.113. The first kappa shape index (κ1) is 8.33. The van der Waals surface area contributed by atoms with Crippen molar-refractivity contribution < 1.29 is 9.90 Å². The van der Waals surface area contributed by atoms with Crippen LogP contribution in [0.25, 0.3) is 5.57 Å². The zero-order chi connectivity index (χ0) is 8.97. The Morgan fingerprint density at radius 2 is 1.92 bits per heavy atom. The third-order valence-corrected chi connectivity index (χ3v) is 1.46. The summed E-state index contributed by atoms with van der Waals surface area (Å²) in [7, 11) is 0. The number of carbonyl (C=O) groups excluding carboxylic acids is 1. The second kappa shape index (κ2) is 3.57. The van der Waals surface area contributed by atoms with Crippen molar-refractivity contribution in [2.24, 2.45) is 0 Å². The van der Waals surface area contributed by atoms with Crippen LogP contribution in [0, 0.1) is 0 Å². The van der Waals surface area contributed by atoms with E-state index in [0.29, 0.717) is 11.8 Å². The molecule has 0 bridgehead atoms. The number of aliphatic hydroxyl groups is 1. The SMILES string of the molecule is [NH]C(=O)C(=CO)c1ccccc1. The number of hydrogen-bond donors (Lipinski definition) is 1. The predicted molar refractivity (Wildman–Crippen MR) is 45.2 cm³/mol. The molecule has 1 aromatic rings. The molecule has 1 aromatic carbocycles. The van der Waals surface area contributed by atoms with Gasteiger partial charge in [0.1, 0.15) is 0 Å². The van der Waals surface area contributed by atoms with Gasteiger partial charge in [-0.05, 0) is 5.56 Å². The normalized spacial score (nSPS) is 11.2. The van der Waals surface area contributed by atoms with Crippen LogP contribution in [0.3, 0.4) is 0 Å². The highest BCUT2D eigenvalue weighted by Gasteiger charge is 2.07. The van der Waals surface area contributed by atoms with Gasteiger partial charge in [0.2, 0.25) is 0 Å². The molecule has 1 rings (SSSR count). The molecule has 0 saturated carbocycles. The van der Waals surface area contributed by atoms with Crippen LogP contribution in [-0.4, -0.2) is 11.0 Å². The van der Waals surface area contributed by atoms with E-state index in [2.05, 4.69) is 0 Å². The molecule has 0 aliphatic carbocycles. The number of hydrogen-bond acceptors (Lipinski definition) is 2. The van der Waals surface area contributed by atoms with Gasteiger partial charge in [-0.1, -0.05) is 30.3 Å². The Bertz CT molecular complexity index is 304. The van der Waals surface area contributed by atoms with Crippen molar-refractivity contribution in [2.45, 2.75) is 0 Å². The molecule has 0 aromatic heterocycles. The Kier molecular flexibility index (Phi) is 2.48. The quantitative estimate of drug-likeness (QED) is 0.527. The topological polar surface area (TPSA) is 61.1 Å². The van der Waals surface area contributed by atoms with Gasteiger partial charge in [-0.25, -0.2) is 0 Å². The molecule has 0 saturated heterocycles. The van der Waals surface area contributed by atoms with Crippen molar-refractivity contribution >= 4 is 11.5 Å². The molecule has 0 fully saturated rings. The van der Waals surface area contributed by atoms with Gasteiger partial charge in [0.25, 0.3) is 5.91 Å². The molecule has 0 spiro atoms. The first-order chi connectivity index (χ1) is 5.75. The Labute approximate surface area is 70.1 Å². The van der Waals surface area contributed by atoms with E-state index >= 15 is 0 Å². The monoisotopic (exact) mass is 162 g/mol. The van der Waals surface area contributed by atoms with Crippen LogP contribution >= 0.6 is 0 Å². The van der Waals surface area contributed by atoms with Gasteiger partial charge in [0, 0.05) is 0 Å². The number of carbonyl (C=O) groups is 1. The molecule has 3 nitrogen and oxygen atoms in total. The minimum Gasteiger partial charge on any atom is -0.515 e. The van der Waals surface area contributed by atoms with E-state index in [4.69, 9.17) is 10.8 Å². The second-order valence-electron chi connectivity index (χ2n) is 2.24. The van der Waals surface area contributed by atoms with Gasteiger partial charge >= 0.3 is 0 Å². The molecule has 0 atom stereocenters. The van der Waals surface area contributed by atoms with Gasteiger partial charge in [-0.15, -0.1) is 0 Å². The summed E-state index contributed by atoms with van der Waals surface area (Å²) in [5.74, 6) is -0.885. The number of amides is 1. The zero-order valence-electron chi connectivity index (χ0n) is 6.32. The van der Waals surface area contributed by atoms with E-state index < -0.39 is 5.91 Å². The van der Waals surface area contributed by atoms with E-state index in [1.54, 1.807) is 30.3 Å². The number of aliphatic hydroxyl groups excluding tert-OH is 1. The molecule has 2 N–H and O–H groups in total. The summed E-state index contributed by atoms with van der Waals surface area (Å²) in [5.41, 5.74) is 7.37. The van der Waals surface area contributed by atoms with E-state index in [1.165, 1.54) is 0 Å². The van der Waals surface area contributed by atoms with Crippen LogP contribution in [0.5, 0.6) is 0 Å². The molecule has 61 valence electrons. The van der Waals surface area contributed by atoms with Crippen LogP contribution in [-0.2, 0) is 4.79 Å². The van der Waals surface area contributed by atoms with Crippen molar-refractivity contribution in [3.8, 4) is 0 Å². The van der Waals surface area contributed by atoms with Crippen LogP contribution in [0.4, 0.5) is 0 Å². The summed E-state index contributed by atoms with van der Waals surface area (Å²) >= 11 is 0. The largest absolute Gasteiger partial charge is 0.515 e. The van der Waals surface area contributed by atoms with Crippen molar-refractivity contribution in [1.29, 1.82) is 0 Å². The van der Waals surface area contributed by atoms with Gasteiger partial charge in [0.15, 0.2) is 0 Å². The molecule has 1 amide bonds. The van der Waals surface area contributed by atoms with Crippen molar-refractivity contribution in [3.63, 3.8) is 0 Å². The van der Waals surface area contributed by atoms with E-state index in [9.17, 15) is 4.79 Å². The van der Waals surface area contributed by atoms with Crippen LogP contribution in [0.2, 0.25) is 0 Å². The molecule has 0 unspecified atom stereocenters. The lowest BCUT2D eigenvalue weighted by atomic mass is 10.1. The minimum absolute atomic E-state index is 0.00981. The summed E-state index contributed by atoms with van der Waals surface area (Å²) in [6.45, 7) is 0. The summed E-state index contributed by atoms with van der Waals surface area (Å²) in [6.07, 6.45) is 0.657. The van der Waals surface area contributed by atoms with Crippen molar-refractivity contribution in [3.05, 3.63) is 42.2 Å². The Hall–Kier alpha value is -1.77. The fraction of sp³-hybridized carbons (Fsp3) is 0. The molecule has 0 aliphatic heterocycles. The lowest BCUT2D eigenvalue weighted by Gasteiger charge is -1.98. The number of nitrogens with one attached hydrogen (secondary N) is 1. The molecular weight excluding hydrogens is 154 g/mol. The fourth-order valence-electron chi connectivity index (χ4n) is 0.882. The fourth-order valence-corrected chi connectivity index (χ4v) is 0.882. The van der Waals surface area contributed by atoms with Gasteiger partial charge in [0.05, 0.1) is 11.8 Å². The summed E-state index contributed by atoms with van der Waals surface area (Å²) in [4.78, 5) is 10.6. The maximum atomic E-state index is 10.6. The summed E-state index contributed by atoms with van der Waals surface area (Å²) < 4.78 is 0. The molecule has 0 aliphatic rings. The van der Waals surface area contributed by atoms with Crippen LogP contribution in [0.1, 0.15) is 5.56 Å². The van der Waals surface area contributed by atoms with Crippen LogP contribution < -0.4 is 5.73 Å². The zero-order valence-corrected chi connectivity index (χ0v) is 6.32. The Morgan fingerprint density at radius 3 is 2.33 bits per heavy atom. The third-order valence-electron chi connectivity index (χ3n) is 1.46. The molecule has 12 heavy (non-hydrogen) atoms. The first-order valence-corrected chi connectivity index (χ1v) is 3.41. The van der Waals surface area contributed by atoms with E-state index in [-0.39, 0.29) is 5.57 Å². The van der Waals surface area contributed by atoms with Crippen LogP contribution in [0.15, 0.2) is 36.6 Å². The lowest BCUT2D eigenvalue weighted by Crippen LogP contribution is -2.01. The molecule has 1 radical (unpaired) electrons. The molecular formula is C9H8NO2. The van der Waals surface area contributed by atoms with Crippen molar-refractivity contribution in [2.75, 3.05) is 0 Å². The Balaban J connectivity index is 3.05. The second-order valence-corrected chi connectivity index (χ2v) is 2.24. The van der Waals surface area contributed by atoms with E-state index in [0.717, 1.165) is 0 Å². The smallest absolute Gasteiger partial charge is 0.273 e. The standard InChI is InChI=1S/C9H8NO2/c10-9(12)8(6-11)7-4-2-1-3-5-7/h1-6,10-11H.